The summed E-state index contributed by atoms with van der Waals surface area (Å²) < 4.78 is 0. The van der Waals surface area contributed by atoms with Gasteiger partial charge in [0.05, 0.1) is 0 Å². The maximum atomic E-state index is 6.49. The molecular weight excluding hydrogens is 206 g/mol. The van der Waals surface area contributed by atoms with Gasteiger partial charge in [0.15, 0.2) is 0 Å². The van der Waals surface area contributed by atoms with E-state index in [9.17, 15) is 0 Å². The molecule has 2 rings (SSSR count). The van der Waals surface area contributed by atoms with E-state index in [2.05, 4.69) is 13.0 Å². The highest BCUT2D eigenvalue weighted by Crippen LogP contribution is 2.36. The minimum absolute atomic E-state index is 0.104. The van der Waals surface area contributed by atoms with Crippen molar-refractivity contribution in [2.75, 3.05) is 0 Å². The third-order valence-corrected chi connectivity index (χ3v) is 3.71. The first-order valence-corrected chi connectivity index (χ1v) is 6.05. The first-order valence-electron chi connectivity index (χ1n) is 5.67. The molecule has 1 saturated carbocycles. The number of halogens is 1. The minimum Gasteiger partial charge on any atom is -0.321 e. The van der Waals surface area contributed by atoms with Gasteiger partial charge in [0.1, 0.15) is 0 Å². The van der Waals surface area contributed by atoms with E-state index >= 15 is 0 Å². The summed E-state index contributed by atoms with van der Waals surface area (Å²) in [5, 5.41) is 0.802. The van der Waals surface area contributed by atoms with Crippen LogP contribution < -0.4 is 5.73 Å². The second-order valence-electron chi connectivity index (χ2n) is 4.68. The fraction of sp³-hybridized carbons (Fsp3) is 0.538. The van der Waals surface area contributed by atoms with Crippen LogP contribution in [0, 0.1) is 6.92 Å². The predicted molar refractivity (Wildman–Crippen MR) is 65.1 cm³/mol. The summed E-state index contributed by atoms with van der Waals surface area (Å²) in [4.78, 5) is 0. The summed E-state index contributed by atoms with van der Waals surface area (Å²) >= 11 is 5.96. The summed E-state index contributed by atoms with van der Waals surface area (Å²) in [6, 6.07) is 6.07. The van der Waals surface area contributed by atoms with Crippen LogP contribution >= 0.6 is 11.6 Å². The molecule has 1 aromatic carbocycles. The number of rotatable bonds is 1. The van der Waals surface area contributed by atoms with Crippen molar-refractivity contribution in [3.63, 3.8) is 0 Å². The van der Waals surface area contributed by atoms with Crippen molar-refractivity contribution in [2.24, 2.45) is 5.73 Å². The van der Waals surface area contributed by atoms with Crippen LogP contribution in [-0.4, -0.2) is 0 Å². The molecule has 0 atom stereocenters. The molecule has 0 radical (unpaired) electrons. The Labute approximate surface area is 96.6 Å². The minimum atomic E-state index is -0.104. The molecule has 15 heavy (non-hydrogen) atoms. The molecule has 1 fully saturated rings. The standard InChI is InChI=1S/C13H18ClN/c1-10-9-11(14)5-6-12(10)13(15)7-3-2-4-8-13/h5-6,9H,2-4,7-8,15H2,1H3. The van der Waals surface area contributed by atoms with Crippen molar-refractivity contribution in [3.8, 4) is 0 Å². The first-order chi connectivity index (χ1) is 7.12. The summed E-state index contributed by atoms with van der Waals surface area (Å²) in [6.45, 7) is 2.10. The molecule has 0 aliphatic heterocycles. The van der Waals surface area contributed by atoms with E-state index in [1.165, 1.54) is 30.4 Å². The number of hydrogen-bond acceptors (Lipinski definition) is 1. The second kappa shape index (κ2) is 4.15. The largest absolute Gasteiger partial charge is 0.321 e. The van der Waals surface area contributed by atoms with Gasteiger partial charge in [-0.3, -0.25) is 0 Å². The summed E-state index contributed by atoms with van der Waals surface area (Å²) in [6.07, 6.45) is 6.04. The number of benzene rings is 1. The van der Waals surface area contributed by atoms with Gasteiger partial charge in [0.2, 0.25) is 0 Å². The van der Waals surface area contributed by atoms with Crippen molar-refractivity contribution < 1.29 is 0 Å². The van der Waals surface area contributed by atoms with Crippen LogP contribution in [0.3, 0.4) is 0 Å². The Kier molecular flexibility index (Phi) is 3.03. The van der Waals surface area contributed by atoms with Crippen molar-refractivity contribution >= 4 is 11.6 Å². The van der Waals surface area contributed by atoms with Crippen LogP contribution in [-0.2, 0) is 5.54 Å². The van der Waals surface area contributed by atoms with Gasteiger partial charge < -0.3 is 5.73 Å². The van der Waals surface area contributed by atoms with Gasteiger partial charge in [-0.2, -0.15) is 0 Å². The Morgan fingerprint density at radius 2 is 1.87 bits per heavy atom. The lowest BCUT2D eigenvalue weighted by molar-refractivity contribution is 0.301. The van der Waals surface area contributed by atoms with E-state index in [1.807, 2.05) is 12.1 Å². The maximum absolute atomic E-state index is 6.49. The molecule has 0 unspecified atom stereocenters. The Hall–Kier alpha value is -0.530. The molecule has 1 nitrogen and oxygen atoms in total. The highest BCUT2D eigenvalue weighted by atomic mass is 35.5. The van der Waals surface area contributed by atoms with E-state index in [4.69, 9.17) is 17.3 Å². The first kappa shape index (κ1) is 11.0. The van der Waals surface area contributed by atoms with Gasteiger partial charge >= 0.3 is 0 Å². The molecule has 0 amide bonds. The van der Waals surface area contributed by atoms with E-state index in [0.29, 0.717) is 0 Å². The molecule has 2 heteroatoms. The quantitative estimate of drug-likeness (QED) is 0.771. The zero-order valence-corrected chi connectivity index (χ0v) is 9.98. The van der Waals surface area contributed by atoms with E-state index < -0.39 is 0 Å². The third kappa shape index (κ3) is 2.19. The predicted octanol–water partition coefficient (Wildman–Crippen LogP) is 3.77. The van der Waals surface area contributed by atoms with Crippen LogP contribution in [0.15, 0.2) is 18.2 Å². The second-order valence-corrected chi connectivity index (χ2v) is 5.11. The van der Waals surface area contributed by atoms with Gasteiger partial charge in [-0.1, -0.05) is 36.9 Å². The van der Waals surface area contributed by atoms with E-state index in [1.54, 1.807) is 0 Å². The van der Waals surface area contributed by atoms with Gasteiger partial charge in [-0.15, -0.1) is 0 Å². The SMILES string of the molecule is Cc1cc(Cl)ccc1C1(N)CCCCC1. The fourth-order valence-corrected chi connectivity index (χ4v) is 2.86. The van der Waals surface area contributed by atoms with Crippen LogP contribution in [0.1, 0.15) is 43.2 Å². The highest BCUT2D eigenvalue weighted by Gasteiger charge is 2.30. The van der Waals surface area contributed by atoms with Crippen molar-refractivity contribution in [3.05, 3.63) is 34.3 Å². The molecule has 0 heterocycles. The number of hydrogen-bond donors (Lipinski definition) is 1. The molecule has 0 spiro atoms. The molecule has 2 N–H and O–H groups in total. The average Bonchev–Trinajstić information content (AvgIpc) is 2.18. The molecule has 1 aliphatic carbocycles. The zero-order valence-electron chi connectivity index (χ0n) is 9.22. The zero-order chi connectivity index (χ0) is 10.9. The van der Waals surface area contributed by atoms with Gasteiger partial charge in [0.25, 0.3) is 0 Å². The summed E-state index contributed by atoms with van der Waals surface area (Å²) in [5.74, 6) is 0. The number of aryl methyl sites for hydroxylation is 1. The Bertz CT molecular complexity index is 354. The lowest BCUT2D eigenvalue weighted by atomic mass is 9.76. The van der Waals surface area contributed by atoms with Crippen molar-refractivity contribution in [1.82, 2.24) is 0 Å². The van der Waals surface area contributed by atoms with Crippen LogP contribution in [0.4, 0.5) is 0 Å². The molecule has 1 aromatic rings. The normalized spacial score (nSPS) is 20.2. The smallest absolute Gasteiger partial charge is 0.0412 e. The Morgan fingerprint density at radius 3 is 2.47 bits per heavy atom. The Balaban J connectivity index is 2.35. The summed E-state index contributed by atoms with van der Waals surface area (Å²) in [5.41, 5.74) is 8.90. The molecule has 0 bridgehead atoms. The van der Waals surface area contributed by atoms with Gasteiger partial charge in [-0.25, -0.2) is 0 Å². The molecule has 0 aromatic heterocycles. The molecule has 1 aliphatic rings. The topological polar surface area (TPSA) is 26.0 Å². The monoisotopic (exact) mass is 223 g/mol. The van der Waals surface area contributed by atoms with E-state index in [0.717, 1.165) is 17.9 Å². The molecular formula is C13H18ClN. The van der Waals surface area contributed by atoms with E-state index in [-0.39, 0.29) is 5.54 Å². The van der Waals surface area contributed by atoms with Crippen LogP contribution in [0.2, 0.25) is 5.02 Å². The maximum Gasteiger partial charge on any atom is 0.0412 e. The Morgan fingerprint density at radius 1 is 1.20 bits per heavy atom. The lowest BCUT2D eigenvalue weighted by Crippen LogP contribution is -2.39. The number of nitrogens with two attached hydrogens (primary N) is 1. The van der Waals surface area contributed by atoms with Gasteiger partial charge in [-0.05, 0) is 43.0 Å². The van der Waals surface area contributed by atoms with Crippen LogP contribution in [0.5, 0.6) is 0 Å². The van der Waals surface area contributed by atoms with Crippen molar-refractivity contribution in [1.29, 1.82) is 0 Å². The third-order valence-electron chi connectivity index (χ3n) is 3.47. The fourth-order valence-electron chi connectivity index (χ4n) is 2.64. The average molecular weight is 224 g/mol. The lowest BCUT2D eigenvalue weighted by Gasteiger charge is -2.35. The summed E-state index contributed by atoms with van der Waals surface area (Å²) in [7, 11) is 0. The van der Waals surface area contributed by atoms with Crippen LogP contribution in [0.25, 0.3) is 0 Å². The van der Waals surface area contributed by atoms with Gasteiger partial charge in [0, 0.05) is 10.6 Å². The molecule has 82 valence electrons. The highest BCUT2D eigenvalue weighted by molar-refractivity contribution is 6.30. The van der Waals surface area contributed by atoms with Crippen molar-refractivity contribution in [2.45, 2.75) is 44.6 Å². The molecule has 0 saturated heterocycles.